The molecule has 0 N–H and O–H groups in total. The minimum absolute atomic E-state index is 0.832. The van der Waals surface area contributed by atoms with Gasteiger partial charge in [-0.15, -0.1) is 0 Å². The third kappa shape index (κ3) is 6.72. The summed E-state index contributed by atoms with van der Waals surface area (Å²) < 4.78 is 4.90. The van der Waals surface area contributed by atoms with Crippen molar-refractivity contribution in [3.8, 4) is 5.69 Å². The van der Waals surface area contributed by atoms with E-state index in [0.29, 0.717) is 0 Å². The van der Waals surface area contributed by atoms with E-state index < -0.39 is 0 Å². The summed E-state index contributed by atoms with van der Waals surface area (Å²) in [7, 11) is 0. The van der Waals surface area contributed by atoms with Crippen molar-refractivity contribution in [1.82, 2.24) is 14.1 Å². The lowest BCUT2D eigenvalue weighted by Gasteiger charge is -2.21. The van der Waals surface area contributed by atoms with Crippen LogP contribution in [0, 0.1) is 0 Å². The normalized spacial score (nSPS) is 16.7. The van der Waals surface area contributed by atoms with Gasteiger partial charge in [0.1, 0.15) is 0 Å². The van der Waals surface area contributed by atoms with Crippen LogP contribution in [0.1, 0.15) is 96.4 Å². The molecular weight excluding hydrogens is 615 g/mol. The lowest BCUT2D eigenvalue weighted by Crippen LogP contribution is -2.04. The zero-order chi connectivity index (χ0) is 35.1. The van der Waals surface area contributed by atoms with Crippen molar-refractivity contribution < 1.29 is 0 Å². The maximum absolute atomic E-state index is 5.14. The van der Waals surface area contributed by atoms with E-state index in [1.807, 2.05) is 39.5 Å². The Morgan fingerprint density at radius 1 is 0.939 bits per heavy atom. The number of para-hydroxylation sites is 2. The van der Waals surface area contributed by atoms with Crippen molar-refractivity contribution in [3.05, 3.63) is 136 Å². The van der Waals surface area contributed by atoms with Crippen LogP contribution in [-0.2, 0) is 12.8 Å². The number of thioether (sulfide) groups is 1. The van der Waals surface area contributed by atoms with Crippen LogP contribution in [0.2, 0.25) is 0 Å². The zero-order valence-electron chi connectivity index (χ0n) is 30.6. The fourth-order valence-electron chi connectivity index (χ4n) is 7.05. The summed E-state index contributed by atoms with van der Waals surface area (Å²) in [5.41, 5.74) is 13.7. The molecule has 2 aliphatic rings. The average Bonchev–Trinajstić information content (AvgIpc) is 3.62. The number of hydrogen-bond acceptors (Lipinski definition) is 2. The maximum atomic E-state index is 5.14. The molecule has 0 fully saturated rings. The van der Waals surface area contributed by atoms with Crippen molar-refractivity contribution in [2.75, 3.05) is 0 Å². The molecule has 0 bridgehead atoms. The van der Waals surface area contributed by atoms with Crippen LogP contribution in [0.15, 0.2) is 113 Å². The Balaban J connectivity index is 0.00000113. The highest BCUT2D eigenvalue weighted by Crippen LogP contribution is 2.49. The van der Waals surface area contributed by atoms with E-state index in [1.165, 1.54) is 71.1 Å². The number of allylic oxidation sites excluding steroid dienone is 9. The lowest BCUT2D eigenvalue weighted by molar-refractivity contribution is 1.02. The first-order chi connectivity index (χ1) is 24.0. The Morgan fingerprint density at radius 3 is 2.37 bits per heavy atom. The lowest BCUT2D eigenvalue weighted by atomic mass is 9.99. The first-order valence-corrected chi connectivity index (χ1v) is 18.8. The molecule has 0 saturated heterocycles. The van der Waals surface area contributed by atoms with Gasteiger partial charge in [-0.3, -0.25) is 4.98 Å². The minimum atomic E-state index is 0.832. The van der Waals surface area contributed by atoms with E-state index in [1.54, 1.807) is 0 Å². The van der Waals surface area contributed by atoms with E-state index in [-0.39, 0.29) is 0 Å². The van der Waals surface area contributed by atoms with Gasteiger partial charge in [-0.25, -0.2) is 0 Å². The summed E-state index contributed by atoms with van der Waals surface area (Å²) in [6.07, 6.45) is 21.7. The third-order valence-corrected chi connectivity index (χ3v) is 10.1. The molecule has 4 heteroatoms. The molecule has 0 radical (unpaired) electrons. The van der Waals surface area contributed by atoms with Crippen LogP contribution in [0.25, 0.3) is 50.9 Å². The van der Waals surface area contributed by atoms with Crippen molar-refractivity contribution >= 4 is 57.0 Å². The van der Waals surface area contributed by atoms with Crippen LogP contribution >= 0.6 is 11.8 Å². The van der Waals surface area contributed by atoms with E-state index in [4.69, 9.17) is 4.98 Å². The van der Waals surface area contributed by atoms with Gasteiger partial charge >= 0.3 is 0 Å². The summed E-state index contributed by atoms with van der Waals surface area (Å²) in [4.78, 5) is 7.75. The number of benzene rings is 2. The van der Waals surface area contributed by atoms with Gasteiger partial charge in [0.25, 0.3) is 0 Å². The topological polar surface area (TPSA) is 22.8 Å². The molecule has 3 aromatic heterocycles. The van der Waals surface area contributed by atoms with Gasteiger partial charge in [-0.1, -0.05) is 125 Å². The Hall–Kier alpha value is -4.54. The highest BCUT2D eigenvalue weighted by Gasteiger charge is 2.27. The van der Waals surface area contributed by atoms with E-state index in [2.05, 4.69) is 147 Å². The second-order valence-electron chi connectivity index (χ2n) is 11.9. The maximum Gasteiger partial charge on any atom is 0.0812 e. The smallest absolute Gasteiger partial charge is 0.0812 e. The van der Waals surface area contributed by atoms with Gasteiger partial charge in [0.2, 0.25) is 0 Å². The van der Waals surface area contributed by atoms with Crippen molar-refractivity contribution in [2.45, 2.75) is 86.0 Å². The average molecular weight is 666 g/mol. The predicted molar refractivity (Wildman–Crippen MR) is 218 cm³/mol. The molecule has 1 aliphatic carbocycles. The number of pyridine rings is 1. The largest absolute Gasteiger partial charge is 0.311 e. The second-order valence-corrected chi connectivity index (χ2v) is 13.0. The molecule has 0 saturated carbocycles. The van der Waals surface area contributed by atoms with Crippen LogP contribution in [0.5, 0.6) is 0 Å². The van der Waals surface area contributed by atoms with Crippen molar-refractivity contribution in [2.24, 2.45) is 0 Å². The summed E-state index contributed by atoms with van der Waals surface area (Å²) in [6, 6.07) is 19.6. The first-order valence-electron chi connectivity index (χ1n) is 18.0. The molecule has 7 rings (SSSR count). The standard InChI is InChI=1S/C41H39N3S.2C2H6/c1-6-15-35-32(8-3)33-23-22-30(18-14-21-36(33)43(35)29-16-10-9-11-17-29)44-37-20-13-12-19-34(37)39-38(44)26-42-40-28(24-27(4)5)25-31(7-2)45-41(39)40;2*1-2/h6-7,9-17,19-22,24,26H,4,8,18,23,25H2,1-3,5H3;2*1-2H3/b15-6-,21-14?,28-24+,30-22+,31-7+;;. The summed E-state index contributed by atoms with van der Waals surface area (Å²) >= 11 is 1.87. The number of nitrogens with zero attached hydrogens (tertiary/aromatic N) is 3. The van der Waals surface area contributed by atoms with E-state index in [0.717, 1.165) is 37.0 Å². The zero-order valence-corrected chi connectivity index (χ0v) is 31.4. The Labute approximate surface area is 298 Å². The number of rotatable bonds is 5. The van der Waals surface area contributed by atoms with Crippen LogP contribution < -0.4 is 0 Å². The summed E-state index contributed by atoms with van der Waals surface area (Å²) in [6.45, 7) is 20.8. The Morgan fingerprint density at radius 2 is 1.67 bits per heavy atom. The van der Waals surface area contributed by atoms with Gasteiger partial charge in [-0.2, -0.15) is 0 Å². The molecule has 0 atom stereocenters. The van der Waals surface area contributed by atoms with Crippen molar-refractivity contribution in [1.29, 1.82) is 0 Å². The Bertz CT molecular complexity index is 2130. The Kier molecular flexibility index (Phi) is 11.9. The fourth-order valence-corrected chi connectivity index (χ4v) is 8.25. The number of fused-ring (bicyclic) bond motifs is 6. The molecule has 1 aliphatic heterocycles. The molecule has 2 aromatic carbocycles. The first kappa shape index (κ1) is 35.8. The molecule has 49 heavy (non-hydrogen) atoms. The minimum Gasteiger partial charge on any atom is -0.311 e. The van der Waals surface area contributed by atoms with Gasteiger partial charge in [0.15, 0.2) is 0 Å². The van der Waals surface area contributed by atoms with Crippen LogP contribution in [0.4, 0.5) is 0 Å². The van der Waals surface area contributed by atoms with Gasteiger partial charge in [-0.05, 0) is 85.6 Å². The monoisotopic (exact) mass is 665 g/mol. The fraction of sp³-hybridized carbons (Fsp3) is 0.267. The molecule has 0 spiro atoms. The number of hydrogen-bond donors (Lipinski definition) is 0. The van der Waals surface area contributed by atoms with E-state index >= 15 is 0 Å². The molecule has 0 amide bonds. The van der Waals surface area contributed by atoms with Crippen LogP contribution in [0.3, 0.4) is 0 Å². The van der Waals surface area contributed by atoms with Crippen molar-refractivity contribution in [3.63, 3.8) is 0 Å². The highest BCUT2D eigenvalue weighted by molar-refractivity contribution is 8.03. The van der Waals surface area contributed by atoms with Gasteiger partial charge in [0, 0.05) is 51.3 Å². The second kappa shape index (κ2) is 16.2. The quantitative estimate of drug-likeness (QED) is 0.186. The third-order valence-electron chi connectivity index (χ3n) is 8.90. The summed E-state index contributed by atoms with van der Waals surface area (Å²) in [5, 5.41) is 2.57. The molecule has 5 aromatic rings. The van der Waals surface area contributed by atoms with E-state index in [9.17, 15) is 0 Å². The molecule has 0 unspecified atom stereocenters. The van der Waals surface area contributed by atoms with Gasteiger partial charge in [0.05, 0.1) is 22.9 Å². The summed E-state index contributed by atoms with van der Waals surface area (Å²) in [5.74, 6) is 0. The molecular formula is C45H51N3S. The molecule has 252 valence electrons. The highest BCUT2D eigenvalue weighted by atomic mass is 32.2. The number of aromatic nitrogens is 3. The molecule has 4 heterocycles. The molecule has 3 nitrogen and oxygen atoms in total. The predicted octanol–water partition coefficient (Wildman–Crippen LogP) is 13.5. The van der Waals surface area contributed by atoms with Crippen LogP contribution in [-0.4, -0.2) is 14.1 Å². The SMILES string of the molecule is C=C(C)/C=C1\C/C(=C\C)Sc2c1ncc1c2c2ccccc2n1/C1=C/Cc2c(CC)c(/C=C\C)n(-c3ccccc3)c2C=CC1.CC.CC. The van der Waals surface area contributed by atoms with Gasteiger partial charge < -0.3 is 9.13 Å².